The number of nitrogens with zero attached hydrogens (tertiary/aromatic N) is 1. The van der Waals surface area contributed by atoms with Crippen LogP contribution < -0.4 is 10.7 Å². The molecule has 2 N–H and O–H groups in total. The van der Waals surface area contributed by atoms with Gasteiger partial charge < -0.3 is 19.4 Å². The number of aromatic nitrogens is 1. The summed E-state index contributed by atoms with van der Waals surface area (Å²) in [6.07, 6.45) is 2.92. The van der Waals surface area contributed by atoms with E-state index in [1.807, 2.05) is 50.2 Å². The molecular weight excluding hydrogens is 444 g/mol. The lowest BCUT2D eigenvalue weighted by Gasteiger charge is -2.20. The summed E-state index contributed by atoms with van der Waals surface area (Å²) in [6, 6.07) is 19.5. The molecule has 7 heteroatoms. The molecule has 0 fully saturated rings. The van der Waals surface area contributed by atoms with Crippen LogP contribution in [-0.2, 0) is 0 Å². The van der Waals surface area contributed by atoms with Gasteiger partial charge in [0.2, 0.25) is 5.43 Å². The molecule has 0 amide bonds. The molecule has 2 heterocycles. The van der Waals surface area contributed by atoms with Crippen LogP contribution in [0, 0.1) is 6.92 Å². The number of carbonyl (C=O) groups is 1. The van der Waals surface area contributed by atoms with Gasteiger partial charge in [-0.3, -0.25) is 4.79 Å². The quantitative estimate of drug-likeness (QED) is 0.303. The Hall–Kier alpha value is -4.65. The Morgan fingerprint density at radius 1 is 1.03 bits per heavy atom. The Balaban J connectivity index is 1.74. The van der Waals surface area contributed by atoms with E-state index in [0.717, 1.165) is 16.7 Å². The molecular formula is C28H22N2O5. The van der Waals surface area contributed by atoms with Crippen LogP contribution in [0.2, 0.25) is 0 Å². The van der Waals surface area contributed by atoms with Gasteiger partial charge in [-0.15, -0.1) is 0 Å². The number of para-hydroxylation sites is 1. The zero-order chi connectivity index (χ0) is 24.5. The minimum atomic E-state index is -1.02. The van der Waals surface area contributed by atoms with Gasteiger partial charge in [-0.1, -0.05) is 53.7 Å². The second kappa shape index (κ2) is 8.95. The molecule has 0 saturated carbocycles. The molecule has 0 bridgehead atoms. The maximum absolute atomic E-state index is 13.8. The third-order valence-electron chi connectivity index (χ3n) is 5.92. The Kier molecular flexibility index (Phi) is 5.66. The number of nitrogens with one attached hydrogen (secondary N) is 1. The summed E-state index contributed by atoms with van der Waals surface area (Å²) in [5, 5.41) is 17.1. The Morgan fingerprint density at radius 2 is 1.77 bits per heavy atom. The highest BCUT2D eigenvalue weighted by atomic mass is 16.5. The number of fused-ring (bicyclic) bond motifs is 1. The van der Waals surface area contributed by atoms with E-state index in [1.165, 1.54) is 12.5 Å². The molecule has 0 spiro atoms. The standard InChI is InChI=1S/C28H22N2O5/c1-16-12-21(17(2)30-23-11-7-6-10-20(23)28(32)33)27-22(13-16)25(31)24(19-14-29-34-15-19)26(35-27)18-8-4-3-5-9-18/h3-15,17,30H,1-2H3,(H,32,33)/t17-/m1/s1. The summed E-state index contributed by atoms with van der Waals surface area (Å²) in [4.78, 5) is 25.5. The molecule has 174 valence electrons. The van der Waals surface area contributed by atoms with Crippen molar-refractivity contribution < 1.29 is 18.8 Å². The molecule has 0 radical (unpaired) electrons. The zero-order valence-electron chi connectivity index (χ0n) is 19.1. The van der Waals surface area contributed by atoms with E-state index in [9.17, 15) is 14.7 Å². The van der Waals surface area contributed by atoms with Crippen molar-refractivity contribution in [3.8, 4) is 22.5 Å². The summed E-state index contributed by atoms with van der Waals surface area (Å²) in [6.45, 7) is 3.81. The first-order chi connectivity index (χ1) is 16.9. The van der Waals surface area contributed by atoms with Crippen LogP contribution in [0.1, 0.15) is 34.5 Å². The molecule has 5 aromatic rings. The highest BCUT2D eigenvalue weighted by Crippen LogP contribution is 2.36. The highest BCUT2D eigenvalue weighted by molar-refractivity contribution is 5.95. The molecule has 0 aliphatic carbocycles. The van der Waals surface area contributed by atoms with Crippen LogP contribution >= 0.6 is 0 Å². The zero-order valence-corrected chi connectivity index (χ0v) is 19.1. The van der Waals surface area contributed by atoms with E-state index < -0.39 is 5.97 Å². The smallest absolute Gasteiger partial charge is 0.337 e. The Labute approximate surface area is 200 Å². The molecule has 0 aliphatic heterocycles. The second-order valence-corrected chi connectivity index (χ2v) is 8.36. The van der Waals surface area contributed by atoms with Crippen LogP contribution in [0.5, 0.6) is 0 Å². The Morgan fingerprint density at radius 3 is 2.49 bits per heavy atom. The molecule has 0 unspecified atom stereocenters. The molecule has 1 atom stereocenters. The van der Waals surface area contributed by atoms with Gasteiger partial charge in [0, 0.05) is 22.4 Å². The normalized spacial score (nSPS) is 11.9. The van der Waals surface area contributed by atoms with Crippen molar-refractivity contribution in [1.29, 1.82) is 0 Å². The number of rotatable bonds is 6. The fraction of sp³-hybridized carbons (Fsp3) is 0.107. The maximum atomic E-state index is 13.8. The third kappa shape index (κ3) is 4.08. The van der Waals surface area contributed by atoms with Gasteiger partial charge in [0.05, 0.1) is 28.8 Å². The van der Waals surface area contributed by atoms with Crippen molar-refractivity contribution in [1.82, 2.24) is 5.16 Å². The number of anilines is 1. The number of aryl methyl sites for hydroxylation is 1. The van der Waals surface area contributed by atoms with Gasteiger partial charge in [-0.25, -0.2) is 4.79 Å². The summed E-state index contributed by atoms with van der Waals surface area (Å²) < 4.78 is 11.5. The minimum Gasteiger partial charge on any atom is -0.478 e. The van der Waals surface area contributed by atoms with Gasteiger partial charge in [0.25, 0.3) is 0 Å². The number of hydrogen-bond acceptors (Lipinski definition) is 6. The SMILES string of the molecule is Cc1cc([C@@H](C)Nc2ccccc2C(=O)O)c2oc(-c3ccccc3)c(-c3cnoc3)c(=O)c2c1. The first-order valence-electron chi connectivity index (χ1n) is 11.1. The monoisotopic (exact) mass is 466 g/mol. The van der Waals surface area contributed by atoms with Crippen molar-refractivity contribution in [3.05, 3.63) is 106 Å². The van der Waals surface area contributed by atoms with Crippen molar-refractivity contribution in [2.45, 2.75) is 19.9 Å². The molecule has 35 heavy (non-hydrogen) atoms. The molecule has 5 rings (SSSR count). The van der Waals surface area contributed by atoms with Gasteiger partial charge in [0.1, 0.15) is 17.6 Å². The van der Waals surface area contributed by atoms with E-state index in [2.05, 4.69) is 10.5 Å². The summed E-state index contributed by atoms with van der Waals surface area (Å²) in [5.41, 5.74) is 4.15. The van der Waals surface area contributed by atoms with Gasteiger partial charge in [-0.05, 0) is 37.6 Å². The lowest BCUT2D eigenvalue weighted by atomic mass is 9.96. The Bertz CT molecular complexity index is 1590. The predicted octanol–water partition coefficient (Wildman–Crippen LogP) is 6.29. The van der Waals surface area contributed by atoms with Crippen LogP contribution in [0.3, 0.4) is 0 Å². The molecule has 0 aliphatic rings. The predicted molar refractivity (Wildman–Crippen MR) is 134 cm³/mol. The lowest BCUT2D eigenvalue weighted by Crippen LogP contribution is -2.13. The topological polar surface area (TPSA) is 106 Å². The second-order valence-electron chi connectivity index (χ2n) is 8.36. The average molecular weight is 466 g/mol. The lowest BCUT2D eigenvalue weighted by molar-refractivity contribution is 0.0698. The van der Waals surface area contributed by atoms with Crippen LogP contribution in [0.4, 0.5) is 5.69 Å². The average Bonchev–Trinajstić information content (AvgIpc) is 3.39. The van der Waals surface area contributed by atoms with E-state index in [-0.39, 0.29) is 17.0 Å². The first-order valence-corrected chi connectivity index (χ1v) is 11.1. The molecule has 3 aromatic carbocycles. The number of carboxylic acids is 1. The van der Waals surface area contributed by atoms with E-state index >= 15 is 0 Å². The van der Waals surface area contributed by atoms with Crippen LogP contribution in [-0.4, -0.2) is 16.2 Å². The van der Waals surface area contributed by atoms with Crippen molar-refractivity contribution >= 4 is 22.6 Å². The fourth-order valence-electron chi connectivity index (χ4n) is 4.29. The molecule has 0 saturated heterocycles. The van der Waals surface area contributed by atoms with Crippen LogP contribution in [0.25, 0.3) is 33.4 Å². The van der Waals surface area contributed by atoms with E-state index in [0.29, 0.717) is 33.5 Å². The number of hydrogen-bond donors (Lipinski definition) is 2. The largest absolute Gasteiger partial charge is 0.478 e. The van der Waals surface area contributed by atoms with Crippen molar-refractivity contribution in [3.63, 3.8) is 0 Å². The van der Waals surface area contributed by atoms with Crippen molar-refractivity contribution in [2.75, 3.05) is 5.32 Å². The first kappa shape index (κ1) is 22.2. The summed E-state index contributed by atoms with van der Waals surface area (Å²) in [5.74, 6) is -0.611. The van der Waals surface area contributed by atoms with E-state index in [4.69, 9.17) is 8.94 Å². The van der Waals surface area contributed by atoms with Crippen molar-refractivity contribution in [2.24, 2.45) is 0 Å². The third-order valence-corrected chi connectivity index (χ3v) is 5.92. The van der Waals surface area contributed by atoms with Gasteiger partial charge in [0.15, 0.2) is 0 Å². The van der Waals surface area contributed by atoms with E-state index in [1.54, 1.807) is 30.3 Å². The highest BCUT2D eigenvalue weighted by Gasteiger charge is 2.23. The minimum absolute atomic E-state index is 0.164. The van der Waals surface area contributed by atoms with Crippen LogP contribution in [0.15, 0.2) is 92.9 Å². The molecule has 2 aromatic heterocycles. The van der Waals surface area contributed by atoms with Gasteiger partial charge >= 0.3 is 5.97 Å². The van der Waals surface area contributed by atoms with Gasteiger partial charge in [-0.2, -0.15) is 0 Å². The number of aromatic carboxylic acids is 1. The summed E-state index contributed by atoms with van der Waals surface area (Å²) >= 11 is 0. The molecule has 7 nitrogen and oxygen atoms in total. The number of benzene rings is 3. The maximum Gasteiger partial charge on any atom is 0.337 e. The number of carboxylic acid groups (broad SMARTS) is 1. The summed E-state index contributed by atoms with van der Waals surface area (Å²) in [7, 11) is 0. The fourth-order valence-corrected chi connectivity index (χ4v) is 4.29.